The molecule has 1 saturated carbocycles. The van der Waals surface area contributed by atoms with E-state index in [1.807, 2.05) is 6.07 Å². The highest BCUT2D eigenvalue weighted by Gasteiger charge is 2.31. The molecule has 2 aromatic carbocycles. The number of hydrogen-bond acceptors (Lipinski definition) is 0. The summed E-state index contributed by atoms with van der Waals surface area (Å²) in [6.07, 6.45) is 9.25. The summed E-state index contributed by atoms with van der Waals surface area (Å²) in [6, 6.07) is 5.14. The maximum atomic E-state index is 15.1. The maximum Gasteiger partial charge on any atom is 0.194 e. The second kappa shape index (κ2) is 7.73. The van der Waals surface area contributed by atoms with Gasteiger partial charge in [0.15, 0.2) is 17.5 Å². The van der Waals surface area contributed by atoms with Gasteiger partial charge in [-0.1, -0.05) is 18.2 Å². The molecule has 0 bridgehead atoms. The summed E-state index contributed by atoms with van der Waals surface area (Å²) in [6.45, 7) is 3.90. The standard InChI is InChI=1S/C24H24F4/c1-2-14-3-5-15(6-4-14)16-7-9-19-17(11-16)8-10-20(23(19)27)18-12-21(25)24(28)22(26)13-18/h2,8,10,12-16H,1,3-7,9,11H2. The van der Waals surface area contributed by atoms with Crippen molar-refractivity contribution < 1.29 is 17.6 Å². The molecule has 4 rings (SSSR count). The lowest BCUT2D eigenvalue weighted by Gasteiger charge is -2.36. The molecule has 2 aliphatic rings. The van der Waals surface area contributed by atoms with Gasteiger partial charge in [-0.25, -0.2) is 17.6 Å². The van der Waals surface area contributed by atoms with E-state index in [0.29, 0.717) is 29.7 Å². The van der Waals surface area contributed by atoms with Crippen molar-refractivity contribution in [2.45, 2.75) is 44.9 Å². The van der Waals surface area contributed by atoms with Crippen LogP contribution >= 0.6 is 0 Å². The lowest BCUT2D eigenvalue weighted by Crippen LogP contribution is -2.26. The van der Waals surface area contributed by atoms with Crippen molar-refractivity contribution >= 4 is 0 Å². The average Bonchev–Trinajstić information content (AvgIpc) is 2.72. The topological polar surface area (TPSA) is 0 Å². The Kier molecular flexibility index (Phi) is 5.31. The molecule has 1 atom stereocenters. The third-order valence-electron chi connectivity index (χ3n) is 6.70. The second-order valence-corrected chi connectivity index (χ2v) is 8.23. The summed E-state index contributed by atoms with van der Waals surface area (Å²) in [5.74, 6) is -2.71. The molecular formula is C24H24F4. The second-order valence-electron chi connectivity index (χ2n) is 8.23. The Hall–Kier alpha value is -2.10. The third-order valence-corrected chi connectivity index (χ3v) is 6.70. The van der Waals surface area contributed by atoms with Crippen LogP contribution in [0.4, 0.5) is 17.6 Å². The first kappa shape index (κ1) is 19.2. The minimum Gasteiger partial charge on any atom is -0.206 e. The smallest absolute Gasteiger partial charge is 0.194 e. The van der Waals surface area contributed by atoms with Gasteiger partial charge in [0.2, 0.25) is 0 Å². The van der Waals surface area contributed by atoms with Crippen molar-refractivity contribution in [2.75, 3.05) is 0 Å². The van der Waals surface area contributed by atoms with Gasteiger partial charge in [-0.05, 0) is 91.5 Å². The molecule has 28 heavy (non-hydrogen) atoms. The summed E-state index contributed by atoms with van der Waals surface area (Å²) in [7, 11) is 0. The largest absolute Gasteiger partial charge is 0.206 e. The number of rotatable bonds is 3. The summed E-state index contributed by atoms with van der Waals surface area (Å²) in [4.78, 5) is 0. The van der Waals surface area contributed by atoms with Crippen LogP contribution in [-0.4, -0.2) is 0 Å². The number of fused-ring (bicyclic) bond motifs is 1. The number of hydrogen-bond donors (Lipinski definition) is 0. The first-order valence-electron chi connectivity index (χ1n) is 10.1. The van der Waals surface area contributed by atoms with Gasteiger partial charge >= 0.3 is 0 Å². The van der Waals surface area contributed by atoms with Crippen molar-refractivity contribution in [2.24, 2.45) is 17.8 Å². The Morgan fingerprint density at radius 3 is 2.14 bits per heavy atom. The number of allylic oxidation sites excluding steroid dienone is 1. The maximum absolute atomic E-state index is 15.1. The van der Waals surface area contributed by atoms with Gasteiger partial charge in [0.25, 0.3) is 0 Å². The predicted octanol–water partition coefficient (Wildman–Crippen LogP) is 7.01. The van der Waals surface area contributed by atoms with Gasteiger partial charge in [0.1, 0.15) is 5.82 Å². The fourth-order valence-electron chi connectivity index (χ4n) is 5.03. The van der Waals surface area contributed by atoms with Crippen LogP contribution in [0.25, 0.3) is 11.1 Å². The zero-order chi connectivity index (χ0) is 19.8. The molecule has 2 aromatic rings. The SMILES string of the molecule is C=CC1CCC(C2CCc3c(ccc(-c4cc(F)c(F)c(F)c4)c3F)C2)CC1. The van der Waals surface area contributed by atoms with Crippen LogP contribution in [-0.2, 0) is 12.8 Å². The summed E-state index contributed by atoms with van der Waals surface area (Å²) >= 11 is 0. The Labute approximate surface area is 163 Å². The number of benzene rings is 2. The van der Waals surface area contributed by atoms with Crippen LogP contribution in [0, 0.1) is 41.0 Å². The van der Waals surface area contributed by atoms with E-state index in [1.165, 1.54) is 25.7 Å². The molecule has 2 aliphatic carbocycles. The van der Waals surface area contributed by atoms with E-state index in [0.717, 1.165) is 30.5 Å². The first-order chi connectivity index (χ1) is 13.5. The molecule has 0 spiro atoms. The predicted molar refractivity (Wildman–Crippen MR) is 103 cm³/mol. The summed E-state index contributed by atoms with van der Waals surface area (Å²) < 4.78 is 55.5. The zero-order valence-corrected chi connectivity index (χ0v) is 15.8. The van der Waals surface area contributed by atoms with Crippen molar-refractivity contribution in [1.82, 2.24) is 0 Å². The van der Waals surface area contributed by atoms with Crippen LogP contribution < -0.4 is 0 Å². The molecule has 4 heteroatoms. The van der Waals surface area contributed by atoms with Crippen molar-refractivity contribution in [1.29, 1.82) is 0 Å². The molecule has 0 aromatic heterocycles. The van der Waals surface area contributed by atoms with E-state index in [-0.39, 0.29) is 11.1 Å². The highest BCUT2D eigenvalue weighted by atomic mass is 19.2. The fourth-order valence-corrected chi connectivity index (χ4v) is 5.03. The van der Waals surface area contributed by atoms with E-state index < -0.39 is 23.3 Å². The lowest BCUT2D eigenvalue weighted by molar-refractivity contribution is 0.205. The van der Waals surface area contributed by atoms with Crippen LogP contribution in [0.3, 0.4) is 0 Å². The van der Waals surface area contributed by atoms with Gasteiger partial charge in [-0.15, -0.1) is 6.58 Å². The molecule has 1 unspecified atom stereocenters. The molecule has 0 nitrogen and oxygen atoms in total. The van der Waals surface area contributed by atoms with E-state index in [2.05, 4.69) is 12.7 Å². The van der Waals surface area contributed by atoms with Gasteiger partial charge in [0.05, 0.1) is 0 Å². The number of halogens is 4. The quantitative estimate of drug-likeness (QED) is 0.301. The van der Waals surface area contributed by atoms with Crippen molar-refractivity contribution in [3.63, 3.8) is 0 Å². The lowest BCUT2D eigenvalue weighted by atomic mass is 9.69. The van der Waals surface area contributed by atoms with Gasteiger partial charge in [-0.2, -0.15) is 0 Å². The van der Waals surface area contributed by atoms with E-state index >= 15 is 4.39 Å². The van der Waals surface area contributed by atoms with Gasteiger partial charge in [0, 0.05) is 5.56 Å². The molecule has 1 fully saturated rings. The molecule has 148 valence electrons. The molecule has 0 radical (unpaired) electrons. The molecule has 0 aliphatic heterocycles. The zero-order valence-electron chi connectivity index (χ0n) is 15.8. The average molecular weight is 388 g/mol. The summed E-state index contributed by atoms with van der Waals surface area (Å²) in [5, 5.41) is 0. The minimum absolute atomic E-state index is 0.0292. The van der Waals surface area contributed by atoms with Crippen LogP contribution in [0.15, 0.2) is 36.9 Å². The fraction of sp³-hybridized carbons (Fsp3) is 0.417. The van der Waals surface area contributed by atoms with Crippen LogP contribution in [0.1, 0.15) is 43.2 Å². The Morgan fingerprint density at radius 1 is 0.821 bits per heavy atom. The van der Waals surface area contributed by atoms with Gasteiger partial charge in [-0.3, -0.25) is 0 Å². The first-order valence-corrected chi connectivity index (χ1v) is 10.1. The van der Waals surface area contributed by atoms with E-state index in [9.17, 15) is 13.2 Å². The molecular weight excluding hydrogens is 364 g/mol. The normalized spacial score (nSPS) is 24.6. The third kappa shape index (κ3) is 3.49. The van der Waals surface area contributed by atoms with E-state index in [4.69, 9.17) is 0 Å². The highest BCUT2D eigenvalue weighted by Crippen LogP contribution is 2.41. The Morgan fingerprint density at radius 2 is 1.50 bits per heavy atom. The van der Waals surface area contributed by atoms with Crippen molar-refractivity contribution in [3.8, 4) is 11.1 Å². The highest BCUT2D eigenvalue weighted by molar-refractivity contribution is 5.66. The van der Waals surface area contributed by atoms with Crippen molar-refractivity contribution in [3.05, 3.63) is 71.3 Å². The van der Waals surface area contributed by atoms with Gasteiger partial charge < -0.3 is 0 Å². The minimum atomic E-state index is -1.53. The molecule has 0 N–H and O–H groups in total. The molecule has 0 saturated heterocycles. The molecule has 0 heterocycles. The van der Waals surface area contributed by atoms with Crippen LogP contribution in [0.2, 0.25) is 0 Å². The Balaban J connectivity index is 1.57. The molecule has 0 amide bonds. The van der Waals surface area contributed by atoms with E-state index in [1.54, 1.807) is 6.07 Å². The monoisotopic (exact) mass is 388 g/mol. The van der Waals surface area contributed by atoms with Crippen LogP contribution in [0.5, 0.6) is 0 Å². The summed E-state index contributed by atoms with van der Waals surface area (Å²) in [5.41, 5.74) is 1.79. The Bertz CT molecular complexity index is 871.